The minimum absolute atomic E-state index is 0.453. The van der Waals surface area contributed by atoms with E-state index in [0.717, 1.165) is 25.1 Å². The van der Waals surface area contributed by atoms with Crippen LogP contribution in [0, 0.1) is 13.8 Å². The van der Waals surface area contributed by atoms with Crippen molar-refractivity contribution in [1.29, 1.82) is 0 Å². The van der Waals surface area contributed by atoms with Gasteiger partial charge in [0.15, 0.2) is 0 Å². The molecule has 1 aromatic heterocycles. The Kier molecular flexibility index (Phi) is 3.08. The molecule has 2 aromatic rings. The third-order valence-corrected chi connectivity index (χ3v) is 3.95. The molecule has 0 aliphatic carbocycles. The third-order valence-electron chi connectivity index (χ3n) is 3.95. The van der Waals surface area contributed by atoms with Crippen LogP contribution in [0.1, 0.15) is 30.4 Å². The van der Waals surface area contributed by atoms with E-state index in [0.29, 0.717) is 6.10 Å². The van der Waals surface area contributed by atoms with E-state index >= 15 is 0 Å². The maximum absolute atomic E-state index is 5.67. The first kappa shape index (κ1) is 11.7. The first-order valence-electron chi connectivity index (χ1n) is 6.78. The van der Waals surface area contributed by atoms with Crippen molar-refractivity contribution in [2.24, 2.45) is 0 Å². The van der Waals surface area contributed by atoms with Gasteiger partial charge in [-0.2, -0.15) is 0 Å². The van der Waals surface area contributed by atoms with Gasteiger partial charge in [0, 0.05) is 13.2 Å². The molecule has 96 valence electrons. The number of ether oxygens (including phenoxy) is 1. The van der Waals surface area contributed by atoms with Gasteiger partial charge in [0.05, 0.1) is 23.5 Å². The number of aryl methyl sites for hydroxylation is 3. The van der Waals surface area contributed by atoms with Crippen LogP contribution in [0.4, 0.5) is 0 Å². The van der Waals surface area contributed by atoms with E-state index in [-0.39, 0.29) is 0 Å². The lowest BCUT2D eigenvalue weighted by molar-refractivity contribution is 0.101. The van der Waals surface area contributed by atoms with Gasteiger partial charge >= 0.3 is 0 Å². The Hall–Kier alpha value is -1.35. The number of aromatic nitrogens is 2. The molecule has 1 fully saturated rings. The standard InChI is InChI=1S/C15H20N2O/c1-11-8-14-15(9-12(11)2)17(10-16-14)6-5-13-4-3-7-18-13/h8-10,13H,3-7H2,1-2H3. The average molecular weight is 244 g/mol. The van der Waals surface area contributed by atoms with Crippen molar-refractivity contribution in [1.82, 2.24) is 9.55 Å². The first-order chi connectivity index (χ1) is 8.74. The van der Waals surface area contributed by atoms with Crippen LogP contribution < -0.4 is 0 Å². The summed E-state index contributed by atoms with van der Waals surface area (Å²) in [5, 5.41) is 0. The van der Waals surface area contributed by atoms with E-state index in [9.17, 15) is 0 Å². The summed E-state index contributed by atoms with van der Waals surface area (Å²) in [6.07, 6.45) is 5.93. The van der Waals surface area contributed by atoms with Gasteiger partial charge in [0.25, 0.3) is 0 Å². The molecule has 3 rings (SSSR count). The van der Waals surface area contributed by atoms with Gasteiger partial charge in [-0.3, -0.25) is 0 Å². The van der Waals surface area contributed by atoms with Crippen LogP contribution in [0.2, 0.25) is 0 Å². The molecule has 1 atom stereocenters. The molecule has 1 unspecified atom stereocenters. The Morgan fingerprint density at radius 2 is 2.17 bits per heavy atom. The highest BCUT2D eigenvalue weighted by atomic mass is 16.5. The maximum atomic E-state index is 5.67. The lowest BCUT2D eigenvalue weighted by Gasteiger charge is -2.10. The largest absolute Gasteiger partial charge is 0.378 e. The van der Waals surface area contributed by atoms with Crippen LogP contribution >= 0.6 is 0 Å². The highest BCUT2D eigenvalue weighted by Gasteiger charge is 2.15. The number of imidazole rings is 1. The lowest BCUT2D eigenvalue weighted by atomic mass is 10.1. The topological polar surface area (TPSA) is 27.1 Å². The van der Waals surface area contributed by atoms with Crippen LogP contribution in [-0.4, -0.2) is 22.3 Å². The lowest BCUT2D eigenvalue weighted by Crippen LogP contribution is -2.09. The smallest absolute Gasteiger partial charge is 0.0958 e. The van der Waals surface area contributed by atoms with E-state index in [1.165, 1.54) is 29.5 Å². The summed E-state index contributed by atoms with van der Waals surface area (Å²) in [6, 6.07) is 4.42. The molecule has 0 spiro atoms. The number of hydrogen-bond donors (Lipinski definition) is 0. The monoisotopic (exact) mass is 244 g/mol. The van der Waals surface area contributed by atoms with Gasteiger partial charge in [-0.15, -0.1) is 0 Å². The van der Waals surface area contributed by atoms with Gasteiger partial charge in [-0.05, 0) is 56.4 Å². The predicted molar refractivity (Wildman–Crippen MR) is 72.8 cm³/mol. The molecule has 0 radical (unpaired) electrons. The summed E-state index contributed by atoms with van der Waals surface area (Å²) in [5.74, 6) is 0. The first-order valence-corrected chi connectivity index (χ1v) is 6.78. The van der Waals surface area contributed by atoms with Crippen molar-refractivity contribution in [3.05, 3.63) is 29.6 Å². The molecule has 1 aromatic carbocycles. The van der Waals surface area contributed by atoms with Crippen LogP contribution in [0.3, 0.4) is 0 Å². The molecular weight excluding hydrogens is 224 g/mol. The van der Waals surface area contributed by atoms with Crippen LogP contribution in [0.25, 0.3) is 11.0 Å². The molecule has 0 saturated carbocycles. The van der Waals surface area contributed by atoms with Gasteiger partial charge in [0.2, 0.25) is 0 Å². The van der Waals surface area contributed by atoms with Gasteiger partial charge in [0.1, 0.15) is 0 Å². The van der Waals surface area contributed by atoms with E-state index in [2.05, 4.69) is 35.5 Å². The normalized spacial score (nSPS) is 19.8. The Morgan fingerprint density at radius 1 is 1.33 bits per heavy atom. The molecule has 1 saturated heterocycles. The predicted octanol–water partition coefficient (Wildman–Crippen LogP) is 3.22. The molecule has 0 amide bonds. The minimum atomic E-state index is 0.453. The number of fused-ring (bicyclic) bond motifs is 1. The van der Waals surface area contributed by atoms with E-state index in [1.54, 1.807) is 0 Å². The Balaban J connectivity index is 1.81. The van der Waals surface area contributed by atoms with E-state index in [4.69, 9.17) is 4.74 Å². The van der Waals surface area contributed by atoms with Crippen molar-refractivity contribution in [2.75, 3.05) is 6.61 Å². The molecule has 2 heterocycles. The van der Waals surface area contributed by atoms with Crippen LogP contribution in [-0.2, 0) is 11.3 Å². The average Bonchev–Trinajstić information content (AvgIpc) is 2.97. The second-order valence-electron chi connectivity index (χ2n) is 5.29. The zero-order chi connectivity index (χ0) is 12.5. The van der Waals surface area contributed by atoms with Crippen molar-refractivity contribution in [3.63, 3.8) is 0 Å². The molecule has 3 heteroatoms. The highest BCUT2D eigenvalue weighted by molar-refractivity contribution is 5.77. The van der Waals surface area contributed by atoms with Gasteiger partial charge in [-0.1, -0.05) is 0 Å². The molecule has 3 nitrogen and oxygen atoms in total. The second kappa shape index (κ2) is 4.73. The quantitative estimate of drug-likeness (QED) is 0.829. The van der Waals surface area contributed by atoms with Gasteiger partial charge < -0.3 is 9.30 Å². The zero-order valence-electron chi connectivity index (χ0n) is 11.1. The molecule has 1 aliphatic heterocycles. The summed E-state index contributed by atoms with van der Waals surface area (Å²) >= 11 is 0. The fourth-order valence-electron chi connectivity index (χ4n) is 2.65. The van der Waals surface area contributed by atoms with Crippen molar-refractivity contribution >= 4 is 11.0 Å². The van der Waals surface area contributed by atoms with Crippen LogP contribution in [0.5, 0.6) is 0 Å². The molecule has 1 aliphatic rings. The van der Waals surface area contributed by atoms with Crippen LogP contribution in [0.15, 0.2) is 18.5 Å². The fraction of sp³-hybridized carbons (Fsp3) is 0.533. The second-order valence-corrected chi connectivity index (χ2v) is 5.29. The van der Waals surface area contributed by atoms with Crippen molar-refractivity contribution in [2.45, 2.75) is 45.8 Å². The SMILES string of the molecule is Cc1cc2ncn(CCC3CCCO3)c2cc1C. The summed E-state index contributed by atoms with van der Waals surface area (Å²) < 4.78 is 7.93. The minimum Gasteiger partial charge on any atom is -0.378 e. The Bertz CT molecular complexity index is 553. The Labute approximate surface area is 108 Å². The molecular formula is C15H20N2O. The molecule has 0 N–H and O–H groups in total. The maximum Gasteiger partial charge on any atom is 0.0958 e. The summed E-state index contributed by atoms with van der Waals surface area (Å²) in [5.41, 5.74) is 5.00. The van der Waals surface area contributed by atoms with Crippen molar-refractivity contribution in [3.8, 4) is 0 Å². The van der Waals surface area contributed by atoms with Crippen molar-refractivity contribution < 1.29 is 4.74 Å². The third kappa shape index (κ3) is 2.15. The Morgan fingerprint density at radius 3 is 2.94 bits per heavy atom. The number of nitrogens with zero attached hydrogens (tertiary/aromatic N) is 2. The highest BCUT2D eigenvalue weighted by Crippen LogP contribution is 2.21. The zero-order valence-corrected chi connectivity index (χ0v) is 11.1. The fourth-order valence-corrected chi connectivity index (χ4v) is 2.65. The van der Waals surface area contributed by atoms with E-state index < -0.39 is 0 Å². The molecule has 18 heavy (non-hydrogen) atoms. The summed E-state index contributed by atoms with van der Waals surface area (Å²) in [6.45, 7) is 6.24. The number of benzene rings is 1. The number of hydrogen-bond acceptors (Lipinski definition) is 2. The molecule has 0 bridgehead atoms. The van der Waals surface area contributed by atoms with E-state index in [1.807, 2.05) is 6.33 Å². The summed E-state index contributed by atoms with van der Waals surface area (Å²) in [7, 11) is 0. The summed E-state index contributed by atoms with van der Waals surface area (Å²) in [4.78, 5) is 4.49. The number of rotatable bonds is 3. The van der Waals surface area contributed by atoms with Gasteiger partial charge in [-0.25, -0.2) is 4.98 Å².